The highest BCUT2D eigenvalue weighted by atomic mass is 14.1. The van der Waals surface area contributed by atoms with Gasteiger partial charge in [0.1, 0.15) is 0 Å². The molecular weight excluding hydrogens is 360 g/mol. The third-order valence-electron chi connectivity index (χ3n) is 5.28. The van der Waals surface area contributed by atoms with E-state index in [2.05, 4.69) is 135 Å². The zero-order valence-electron chi connectivity index (χ0n) is 17.5. The molecule has 0 unspecified atom stereocenters. The molecular formula is C30H26. The van der Waals surface area contributed by atoms with Gasteiger partial charge >= 0.3 is 0 Å². The molecule has 0 aromatic heterocycles. The highest BCUT2D eigenvalue weighted by Gasteiger charge is 2.06. The minimum atomic E-state index is 1.21. The van der Waals surface area contributed by atoms with E-state index in [1.807, 2.05) is 0 Å². The molecule has 146 valence electrons. The summed E-state index contributed by atoms with van der Waals surface area (Å²) in [5.41, 5.74) is 9.90. The van der Waals surface area contributed by atoms with Crippen molar-refractivity contribution in [3.63, 3.8) is 0 Å². The average Bonchev–Trinajstić information content (AvgIpc) is 2.79. The first-order chi connectivity index (χ1) is 14.7. The standard InChI is InChI=1S/C30H26/c1-23-11-15-25(16-12-23)19-21-27-7-3-5-9-29(27)30-10-6-4-8-28(30)22-20-26-17-13-24(2)14-18-26/h3-22H,1-2H3. The summed E-state index contributed by atoms with van der Waals surface area (Å²) in [6.45, 7) is 4.23. The van der Waals surface area contributed by atoms with Gasteiger partial charge in [-0.2, -0.15) is 0 Å². The third kappa shape index (κ3) is 4.85. The summed E-state index contributed by atoms with van der Waals surface area (Å²) in [5.74, 6) is 0. The summed E-state index contributed by atoms with van der Waals surface area (Å²) in [6.07, 6.45) is 8.78. The molecule has 0 aliphatic carbocycles. The van der Waals surface area contributed by atoms with E-state index in [0.717, 1.165) is 0 Å². The molecule has 0 saturated carbocycles. The Morgan fingerprint density at radius 1 is 0.400 bits per heavy atom. The molecule has 0 radical (unpaired) electrons. The SMILES string of the molecule is Cc1ccc(C=Cc2ccccc2-c2ccccc2C=Cc2ccc(C)cc2)cc1. The lowest BCUT2D eigenvalue weighted by Gasteiger charge is -2.10. The third-order valence-corrected chi connectivity index (χ3v) is 5.28. The fourth-order valence-electron chi connectivity index (χ4n) is 3.50. The van der Waals surface area contributed by atoms with Gasteiger partial charge < -0.3 is 0 Å². The van der Waals surface area contributed by atoms with Crippen LogP contribution in [0.4, 0.5) is 0 Å². The first-order valence-corrected chi connectivity index (χ1v) is 10.4. The Labute approximate surface area is 179 Å². The average molecular weight is 387 g/mol. The van der Waals surface area contributed by atoms with E-state index in [4.69, 9.17) is 0 Å². The van der Waals surface area contributed by atoms with Crippen LogP contribution in [0.1, 0.15) is 33.4 Å². The summed E-state index contributed by atoms with van der Waals surface area (Å²) < 4.78 is 0. The maximum Gasteiger partial charge on any atom is -0.0105 e. The fourth-order valence-corrected chi connectivity index (χ4v) is 3.50. The van der Waals surface area contributed by atoms with E-state index < -0.39 is 0 Å². The Morgan fingerprint density at radius 2 is 0.767 bits per heavy atom. The molecule has 0 saturated heterocycles. The maximum absolute atomic E-state index is 2.21. The van der Waals surface area contributed by atoms with Gasteiger partial charge in [-0.25, -0.2) is 0 Å². The van der Waals surface area contributed by atoms with Crippen LogP contribution in [0.5, 0.6) is 0 Å². The highest BCUT2D eigenvalue weighted by molar-refractivity contribution is 5.86. The Bertz CT molecular complexity index is 1080. The van der Waals surface area contributed by atoms with Crippen LogP contribution in [0.3, 0.4) is 0 Å². The minimum Gasteiger partial charge on any atom is -0.0616 e. The molecule has 30 heavy (non-hydrogen) atoms. The zero-order valence-corrected chi connectivity index (χ0v) is 17.5. The summed E-state index contributed by atoms with van der Waals surface area (Å²) in [7, 11) is 0. The van der Waals surface area contributed by atoms with Crippen LogP contribution >= 0.6 is 0 Å². The Hall–Kier alpha value is -3.64. The van der Waals surface area contributed by atoms with Crippen molar-refractivity contribution in [2.75, 3.05) is 0 Å². The van der Waals surface area contributed by atoms with Crippen LogP contribution in [0.15, 0.2) is 97.1 Å². The van der Waals surface area contributed by atoms with Crippen molar-refractivity contribution >= 4 is 24.3 Å². The van der Waals surface area contributed by atoms with E-state index >= 15 is 0 Å². The van der Waals surface area contributed by atoms with E-state index in [0.29, 0.717) is 0 Å². The predicted molar refractivity (Wildman–Crippen MR) is 132 cm³/mol. The summed E-state index contributed by atoms with van der Waals surface area (Å²) in [5, 5.41) is 0. The second kappa shape index (κ2) is 9.24. The van der Waals surface area contributed by atoms with Gasteiger partial charge in [0.25, 0.3) is 0 Å². The van der Waals surface area contributed by atoms with Gasteiger partial charge in [-0.05, 0) is 47.2 Å². The monoisotopic (exact) mass is 386 g/mol. The van der Waals surface area contributed by atoms with E-state index in [9.17, 15) is 0 Å². The van der Waals surface area contributed by atoms with Crippen LogP contribution < -0.4 is 0 Å². The van der Waals surface area contributed by atoms with E-state index in [1.165, 1.54) is 44.5 Å². The number of aryl methyl sites for hydroxylation is 2. The van der Waals surface area contributed by atoms with Gasteiger partial charge in [-0.15, -0.1) is 0 Å². The summed E-state index contributed by atoms with van der Waals surface area (Å²) >= 11 is 0. The predicted octanol–water partition coefficient (Wildman–Crippen LogP) is 8.31. The molecule has 0 nitrogen and oxygen atoms in total. The van der Waals surface area contributed by atoms with Crippen molar-refractivity contribution in [1.29, 1.82) is 0 Å². The molecule has 0 heteroatoms. The lowest BCUT2D eigenvalue weighted by molar-refractivity contribution is 1.46. The van der Waals surface area contributed by atoms with E-state index in [-0.39, 0.29) is 0 Å². The molecule has 0 heterocycles. The van der Waals surface area contributed by atoms with Gasteiger partial charge in [0.05, 0.1) is 0 Å². The molecule has 0 aliphatic heterocycles. The molecule has 0 atom stereocenters. The molecule has 4 aromatic carbocycles. The molecule has 4 aromatic rings. The molecule has 0 spiro atoms. The van der Waals surface area contributed by atoms with Gasteiger partial charge in [0.2, 0.25) is 0 Å². The smallest absolute Gasteiger partial charge is 0.0105 e. The molecule has 0 N–H and O–H groups in total. The second-order valence-corrected chi connectivity index (χ2v) is 7.66. The Kier molecular flexibility index (Phi) is 6.06. The van der Waals surface area contributed by atoms with Gasteiger partial charge in [-0.3, -0.25) is 0 Å². The second-order valence-electron chi connectivity index (χ2n) is 7.66. The first-order valence-electron chi connectivity index (χ1n) is 10.4. The number of rotatable bonds is 5. The molecule has 0 fully saturated rings. The van der Waals surface area contributed by atoms with Crippen molar-refractivity contribution in [3.8, 4) is 11.1 Å². The molecule has 0 aliphatic rings. The van der Waals surface area contributed by atoms with Crippen LogP contribution in [0.2, 0.25) is 0 Å². The fraction of sp³-hybridized carbons (Fsp3) is 0.0667. The molecule has 0 bridgehead atoms. The molecule has 0 amide bonds. The largest absolute Gasteiger partial charge is 0.0616 e. The quantitative estimate of drug-likeness (QED) is 0.302. The van der Waals surface area contributed by atoms with Crippen molar-refractivity contribution in [3.05, 3.63) is 130 Å². The maximum atomic E-state index is 2.21. The normalized spacial score (nSPS) is 11.4. The van der Waals surface area contributed by atoms with Crippen LogP contribution in [-0.2, 0) is 0 Å². The first kappa shape index (κ1) is 19.7. The summed E-state index contributed by atoms with van der Waals surface area (Å²) in [4.78, 5) is 0. The van der Waals surface area contributed by atoms with Crippen LogP contribution in [0.25, 0.3) is 35.4 Å². The van der Waals surface area contributed by atoms with Crippen molar-refractivity contribution in [2.24, 2.45) is 0 Å². The van der Waals surface area contributed by atoms with Crippen LogP contribution in [0, 0.1) is 13.8 Å². The molecule has 4 rings (SSSR count). The zero-order chi connectivity index (χ0) is 20.8. The Balaban J connectivity index is 1.68. The lowest BCUT2D eigenvalue weighted by atomic mass is 9.94. The minimum absolute atomic E-state index is 1.21. The lowest BCUT2D eigenvalue weighted by Crippen LogP contribution is -1.87. The van der Waals surface area contributed by atoms with Crippen molar-refractivity contribution in [2.45, 2.75) is 13.8 Å². The van der Waals surface area contributed by atoms with E-state index in [1.54, 1.807) is 0 Å². The van der Waals surface area contributed by atoms with Crippen molar-refractivity contribution < 1.29 is 0 Å². The number of hydrogen-bond acceptors (Lipinski definition) is 0. The van der Waals surface area contributed by atoms with Crippen molar-refractivity contribution in [1.82, 2.24) is 0 Å². The highest BCUT2D eigenvalue weighted by Crippen LogP contribution is 2.29. The summed E-state index contributed by atoms with van der Waals surface area (Å²) in [6, 6.07) is 34.4. The topological polar surface area (TPSA) is 0 Å². The van der Waals surface area contributed by atoms with Gasteiger partial charge in [-0.1, -0.05) is 132 Å². The van der Waals surface area contributed by atoms with Crippen LogP contribution in [-0.4, -0.2) is 0 Å². The number of hydrogen-bond donors (Lipinski definition) is 0. The number of benzene rings is 4. The van der Waals surface area contributed by atoms with Gasteiger partial charge in [0.15, 0.2) is 0 Å². The van der Waals surface area contributed by atoms with Gasteiger partial charge in [0, 0.05) is 0 Å². The Morgan fingerprint density at radius 3 is 1.17 bits per heavy atom.